The summed E-state index contributed by atoms with van der Waals surface area (Å²) in [7, 11) is 2.16. The number of aliphatic carboxylic acids is 1. The first-order valence-electron chi connectivity index (χ1n) is 13.4. The first kappa shape index (κ1) is 26.1. The van der Waals surface area contributed by atoms with Crippen molar-refractivity contribution in [1.29, 1.82) is 0 Å². The molecule has 0 radical (unpaired) electrons. The molecule has 1 aliphatic rings. The summed E-state index contributed by atoms with van der Waals surface area (Å²) in [6, 6.07) is 28.7. The third-order valence-electron chi connectivity index (χ3n) is 7.44. The smallest absolute Gasteiger partial charge is 0.324 e. The summed E-state index contributed by atoms with van der Waals surface area (Å²) in [6.45, 7) is 2.26. The van der Waals surface area contributed by atoms with Crippen LogP contribution in [0.5, 0.6) is 0 Å². The maximum atomic E-state index is 11.9. The van der Waals surface area contributed by atoms with Crippen molar-refractivity contribution in [2.75, 3.05) is 20.1 Å². The number of carbonyl (C=O) groups is 1. The maximum Gasteiger partial charge on any atom is 0.324 e. The molecule has 1 fully saturated rings. The molecule has 38 heavy (non-hydrogen) atoms. The molecule has 2 heterocycles. The Hall–Kier alpha value is -3.49. The number of hydrazine groups is 1. The van der Waals surface area contributed by atoms with Gasteiger partial charge in [-0.2, -0.15) is 0 Å². The Morgan fingerprint density at radius 2 is 1.66 bits per heavy atom. The van der Waals surface area contributed by atoms with Gasteiger partial charge in [0, 0.05) is 36.7 Å². The number of aromatic nitrogens is 1. The van der Waals surface area contributed by atoms with Crippen LogP contribution in [0.1, 0.15) is 23.1 Å². The molecular weight excluding hydrogens is 474 g/mol. The van der Waals surface area contributed by atoms with Gasteiger partial charge < -0.3 is 15.4 Å². The van der Waals surface area contributed by atoms with E-state index in [4.69, 9.17) is 0 Å². The van der Waals surface area contributed by atoms with E-state index in [1.807, 2.05) is 35.5 Å². The van der Waals surface area contributed by atoms with E-state index < -0.39 is 12.0 Å². The lowest BCUT2D eigenvalue weighted by atomic mass is 10.1. The van der Waals surface area contributed by atoms with Crippen molar-refractivity contribution in [2.24, 2.45) is 0 Å². The third kappa shape index (κ3) is 6.49. The number of para-hydroxylation sites is 1. The topological polar surface area (TPSA) is 83.4 Å². The molecular formula is C31H37N5O2. The van der Waals surface area contributed by atoms with Crippen LogP contribution >= 0.6 is 0 Å². The van der Waals surface area contributed by atoms with Crippen LogP contribution in [0.4, 0.5) is 0 Å². The predicted octanol–water partition coefficient (Wildman–Crippen LogP) is 4.03. The number of nitrogens with zero attached hydrogens (tertiary/aromatic N) is 2. The average Bonchev–Trinajstić information content (AvgIpc) is 3.48. The summed E-state index contributed by atoms with van der Waals surface area (Å²) in [6.07, 6.45) is 4.87. The van der Waals surface area contributed by atoms with Crippen molar-refractivity contribution in [2.45, 2.75) is 44.1 Å². The quantitative estimate of drug-likeness (QED) is 0.116. The molecule has 1 unspecified atom stereocenters. The van der Waals surface area contributed by atoms with Crippen LogP contribution in [0.25, 0.3) is 10.9 Å². The average molecular weight is 512 g/mol. The van der Waals surface area contributed by atoms with E-state index in [0.29, 0.717) is 13.0 Å². The van der Waals surface area contributed by atoms with Crippen molar-refractivity contribution in [3.05, 3.63) is 108 Å². The van der Waals surface area contributed by atoms with Crippen LogP contribution in [0.3, 0.4) is 0 Å². The van der Waals surface area contributed by atoms with E-state index in [1.54, 1.807) is 0 Å². The zero-order valence-electron chi connectivity index (χ0n) is 21.9. The van der Waals surface area contributed by atoms with Gasteiger partial charge in [0.15, 0.2) is 0 Å². The number of hydrogen-bond donors (Lipinski definition) is 4. The Morgan fingerprint density at radius 1 is 0.974 bits per heavy atom. The molecule has 0 bridgehead atoms. The van der Waals surface area contributed by atoms with E-state index in [1.165, 1.54) is 11.1 Å². The summed E-state index contributed by atoms with van der Waals surface area (Å²) in [4.78, 5) is 17.5. The Labute approximate surface area is 224 Å². The lowest BCUT2D eigenvalue weighted by Gasteiger charge is -2.29. The molecule has 1 aliphatic heterocycles. The van der Waals surface area contributed by atoms with Crippen LogP contribution < -0.4 is 10.7 Å². The molecule has 4 aromatic rings. The molecule has 0 saturated carbocycles. The predicted molar refractivity (Wildman–Crippen MR) is 152 cm³/mol. The Balaban J connectivity index is 1.15. The number of aromatic amines is 1. The highest BCUT2D eigenvalue weighted by atomic mass is 16.4. The molecule has 198 valence electrons. The van der Waals surface area contributed by atoms with E-state index in [9.17, 15) is 9.90 Å². The number of carboxylic acid groups (broad SMARTS) is 1. The van der Waals surface area contributed by atoms with Gasteiger partial charge >= 0.3 is 5.97 Å². The zero-order valence-corrected chi connectivity index (χ0v) is 21.9. The van der Waals surface area contributed by atoms with Gasteiger partial charge in [0.25, 0.3) is 0 Å². The molecule has 1 aromatic heterocycles. The molecule has 0 amide bonds. The fourth-order valence-corrected chi connectivity index (χ4v) is 5.35. The van der Waals surface area contributed by atoms with Gasteiger partial charge in [-0.1, -0.05) is 78.9 Å². The number of H-pyrrole nitrogens is 1. The molecule has 5 rings (SSSR count). The van der Waals surface area contributed by atoms with Crippen LogP contribution in [-0.4, -0.2) is 64.4 Å². The minimum absolute atomic E-state index is 0.0543. The summed E-state index contributed by atoms with van der Waals surface area (Å²) in [5, 5.41) is 16.5. The molecule has 4 atom stereocenters. The van der Waals surface area contributed by atoms with E-state index >= 15 is 0 Å². The third-order valence-corrected chi connectivity index (χ3v) is 7.44. The van der Waals surface area contributed by atoms with Crippen LogP contribution in [0.15, 0.2) is 91.1 Å². The second-order valence-corrected chi connectivity index (χ2v) is 10.1. The van der Waals surface area contributed by atoms with E-state index in [2.05, 4.69) is 88.3 Å². The molecule has 7 heteroatoms. The van der Waals surface area contributed by atoms with Gasteiger partial charge in [0.2, 0.25) is 0 Å². The molecule has 3 aromatic carbocycles. The molecule has 0 aliphatic carbocycles. The number of rotatable bonds is 14. The Kier molecular flexibility index (Phi) is 8.51. The maximum absolute atomic E-state index is 11.9. The highest BCUT2D eigenvalue weighted by Crippen LogP contribution is 2.31. The number of fused-ring (bicyclic) bond motifs is 1. The fourth-order valence-electron chi connectivity index (χ4n) is 5.35. The van der Waals surface area contributed by atoms with Crippen molar-refractivity contribution >= 4 is 16.9 Å². The first-order valence-corrected chi connectivity index (χ1v) is 13.4. The van der Waals surface area contributed by atoms with Crippen LogP contribution in [0.2, 0.25) is 0 Å². The summed E-state index contributed by atoms with van der Waals surface area (Å²) < 4.78 is 0. The van der Waals surface area contributed by atoms with Crippen molar-refractivity contribution < 1.29 is 9.90 Å². The normalized spacial score (nSPS) is 19.6. The number of nitrogens with one attached hydrogen (secondary N) is 3. The Morgan fingerprint density at radius 3 is 2.39 bits per heavy atom. The molecule has 7 nitrogen and oxygen atoms in total. The second kappa shape index (κ2) is 12.4. The van der Waals surface area contributed by atoms with Gasteiger partial charge in [-0.15, -0.1) is 0 Å². The number of hydrogen-bond acceptors (Lipinski definition) is 5. The van der Waals surface area contributed by atoms with Gasteiger partial charge in [-0.3, -0.25) is 15.1 Å². The largest absolute Gasteiger partial charge is 0.480 e. The molecule has 4 N–H and O–H groups in total. The van der Waals surface area contributed by atoms with Gasteiger partial charge in [0.05, 0.1) is 12.2 Å². The lowest BCUT2D eigenvalue weighted by molar-refractivity contribution is -0.137. The SMILES string of the molecule is CN(Cc1ccccc1)[C@@H](CCc1ccccc1)NCCNN1[C@H](C(=O)O)[C@@H]1Cc1c[nH]c2ccccc12. The summed E-state index contributed by atoms with van der Waals surface area (Å²) >= 11 is 0. The van der Waals surface area contributed by atoms with E-state index in [0.717, 1.165) is 42.4 Å². The standard InChI is InChI=1S/C31H37N5O2/c1-35(22-24-12-6-3-7-13-24)29(17-16-23-10-4-2-5-11-23)32-18-19-34-36-28(30(36)31(37)38)20-25-21-33-27-15-9-8-14-26(25)27/h2-15,21,28-30,32-34H,16-20,22H2,1H3,(H,37,38)/t28-,29-,30-,36?/m0/s1. The summed E-state index contributed by atoms with van der Waals surface area (Å²) in [5.74, 6) is -0.779. The lowest BCUT2D eigenvalue weighted by Crippen LogP contribution is -2.46. The number of benzene rings is 3. The van der Waals surface area contributed by atoms with Crippen molar-refractivity contribution in [1.82, 2.24) is 25.6 Å². The highest BCUT2D eigenvalue weighted by Gasteiger charge is 2.52. The highest BCUT2D eigenvalue weighted by molar-refractivity contribution is 5.84. The van der Waals surface area contributed by atoms with Gasteiger partial charge in [0.1, 0.15) is 6.04 Å². The van der Waals surface area contributed by atoms with E-state index in [-0.39, 0.29) is 12.2 Å². The number of aryl methyl sites for hydroxylation is 1. The molecule has 0 spiro atoms. The minimum atomic E-state index is -0.779. The first-order chi connectivity index (χ1) is 18.6. The fraction of sp³-hybridized carbons (Fsp3) is 0.323. The van der Waals surface area contributed by atoms with Gasteiger partial charge in [-0.25, -0.2) is 5.01 Å². The second-order valence-electron chi connectivity index (χ2n) is 10.1. The zero-order chi connectivity index (χ0) is 26.3. The Bertz CT molecular complexity index is 1310. The molecule has 1 saturated heterocycles. The van der Waals surface area contributed by atoms with Crippen LogP contribution in [-0.2, 0) is 24.2 Å². The van der Waals surface area contributed by atoms with Crippen molar-refractivity contribution in [3.8, 4) is 0 Å². The minimum Gasteiger partial charge on any atom is -0.480 e. The monoisotopic (exact) mass is 511 g/mol. The number of carboxylic acids is 1. The van der Waals surface area contributed by atoms with Gasteiger partial charge in [-0.05, 0) is 49.1 Å². The van der Waals surface area contributed by atoms with Crippen molar-refractivity contribution in [3.63, 3.8) is 0 Å². The van der Waals surface area contributed by atoms with Crippen LogP contribution in [0, 0.1) is 0 Å². The summed E-state index contributed by atoms with van der Waals surface area (Å²) in [5.41, 5.74) is 8.23.